The zero-order chi connectivity index (χ0) is 18.8. The van der Waals surface area contributed by atoms with E-state index >= 15 is 0 Å². The minimum absolute atomic E-state index is 0.00445. The molecular weight excluding hydrogens is 346 g/mol. The predicted octanol–water partition coefficient (Wildman–Crippen LogP) is 1.53. The molecule has 0 bridgehead atoms. The summed E-state index contributed by atoms with van der Waals surface area (Å²) in [6, 6.07) is 1.70. The second-order valence-corrected chi connectivity index (χ2v) is 6.55. The monoisotopic (exact) mass is 367 g/mol. The van der Waals surface area contributed by atoms with Crippen LogP contribution >= 0.6 is 0 Å². The van der Waals surface area contributed by atoms with E-state index in [2.05, 4.69) is 20.0 Å². The van der Waals surface area contributed by atoms with Gasteiger partial charge < -0.3 is 14.2 Å². The number of nitrogens with zero attached hydrogens (tertiary/aromatic N) is 7. The Morgan fingerprint density at radius 1 is 1.19 bits per heavy atom. The summed E-state index contributed by atoms with van der Waals surface area (Å²) in [6.07, 6.45) is 7.18. The van der Waals surface area contributed by atoms with E-state index in [4.69, 9.17) is 9.40 Å². The molecule has 0 aliphatic carbocycles. The first kappa shape index (κ1) is 17.2. The number of aryl methyl sites for hydroxylation is 2. The molecular formula is C18H21N7O2. The molecule has 9 nitrogen and oxygen atoms in total. The highest BCUT2D eigenvalue weighted by molar-refractivity contribution is 5.93. The zero-order valence-electron chi connectivity index (χ0n) is 15.4. The number of carbonyl (C=O) groups is 1. The quantitative estimate of drug-likeness (QED) is 0.693. The molecule has 1 amide bonds. The second kappa shape index (κ2) is 7.18. The van der Waals surface area contributed by atoms with Gasteiger partial charge in [-0.2, -0.15) is 5.10 Å². The number of hydrogen-bond donors (Lipinski definition) is 0. The van der Waals surface area contributed by atoms with Gasteiger partial charge in [0, 0.05) is 39.4 Å². The van der Waals surface area contributed by atoms with E-state index in [1.807, 2.05) is 25.1 Å². The van der Waals surface area contributed by atoms with E-state index < -0.39 is 0 Å². The SMILES string of the molecule is Cc1cnc(N2CCCN(C(=O)c3ccoc3)CC2)nc1-c1ncnn1C. The van der Waals surface area contributed by atoms with E-state index in [9.17, 15) is 4.79 Å². The van der Waals surface area contributed by atoms with Gasteiger partial charge in [0.05, 0.1) is 11.8 Å². The zero-order valence-corrected chi connectivity index (χ0v) is 15.4. The molecule has 1 fully saturated rings. The van der Waals surface area contributed by atoms with Gasteiger partial charge in [-0.05, 0) is 25.0 Å². The Morgan fingerprint density at radius 2 is 2.07 bits per heavy atom. The summed E-state index contributed by atoms with van der Waals surface area (Å²) in [6.45, 7) is 4.73. The van der Waals surface area contributed by atoms with Gasteiger partial charge in [-0.15, -0.1) is 0 Å². The van der Waals surface area contributed by atoms with Crippen LogP contribution in [0, 0.1) is 6.92 Å². The van der Waals surface area contributed by atoms with Crippen molar-refractivity contribution in [3.05, 3.63) is 42.2 Å². The summed E-state index contributed by atoms with van der Waals surface area (Å²) in [5, 5.41) is 4.12. The molecule has 27 heavy (non-hydrogen) atoms. The van der Waals surface area contributed by atoms with Crippen molar-refractivity contribution < 1.29 is 9.21 Å². The molecule has 9 heteroatoms. The summed E-state index contributed by atoms with van der Waals surface area (Å²) in [7, 11) is 1.84. The molecule has 0 aromatic carbocycles. The maximum absolute atomic E-state index is 12.5. The number of carbonyl (C=O) groups excluding carboxylic acids is 1. The largest absolute Gasteiger partial charge is 0.472 e. The van der Waals surface area contributed by atoms with Gasteiger partial charge in [-0.25, -0.2) is 19.6 Å². The van der Waals surface area contributed by atoms with Gasteiger partial charge in [-0.3, -0.25) is 4.79 Å². The lowest BCUT2D eigenvalue weighted by Gasteiger charge is -2.22. The van der Waals surface area contributed by atoms with Gasteiger partial charge >= 0.3 is 0 Å². The van der Waals surface area contributed by atoms with Crippen molar-refractivity contribution in [2.75, 3.05) is 31.1 Å². The van der Waals surface area contributed by atoms with Crippen LogP contribution in [-0.4, -0.2) is 61.7 Å². The Morgan fingerprint density at radius 3 is 2.81 bits per heavy atom. The Labute approximate surface area is 156 Å². The van der Waals surface area contributed by atoms with E-state index in [0.29, 0.717) is 37.0 Å². The number of rotatable bonds is 3. The minimum Gasteiger partial charge on any atom is -0.472 e. The standard InChI is InChI=1S/C18H21N7O2/c1-13-10-19-18(22-15(13)16-20-12-21-23(16)2)25-6-3-5-24(7-8-25)17(26)14-4-9-27-11-14/h4,9-12H,3,5-8H2,1-2H3. The third kappa shape index (κ3) is 3.40. The van der Waals surface area contributed by atoms with Crippen LogP contribution in [0.3, 0.4) is 0 Å². The van der Waals surface area contributed by atoms with Crippen LogP contribution in [-0.2, 0) is 7.05 Å². The summed E-state index contributed by atoms with van der Waals surface area (Å²) in [4.78, 5) is 30.0. The second-order valence-electron chi connectivity index (χ2n) is 6.55. The maximum Gasteiger partial charge on any atom is 0.257 e. The first-order valence-electron chi connectivity index (χ1n) is 8.88. The van der Waals surface area contributed by atoms with Crippen molar-refractivity contribution in [1.29, 1.82) is 0 Å². The molecule has 0 atom stereocenters. The number of furan rings is 1. The Balaban J connectivity index is 1.53. The van der Waals surface area contributed by atoms with Gasteiger partial charge in [0.2, 0.25) is 5.95 Å². The van der Waals surface area contributed by atoms with Gasteiger partial charge in [-0.1, -0.05) is 0 Å². The number of anilines is 1. The highest BCUT2D eigenvalue weighted by Gasteiger charge is 2.23. The smallest absolute Gasteiger partial charge is 0.257 e. The molecule has 0 N–H and O–H groups in total. The van der Waals surface area contributed by atoms with Crippen molar-refractivity contribution in [2.24, 2.45) is 7.05 Å². The maximum atomic E-state index is 12.5. The topological polar surface area (TPSA) is 93.2 Å². The fourth-order valence-corrected chi connectivity index (χ4v) is 3.21. The molecule has 1 aliphatic rings. The molecule has 0 radical (unpaired) electrons. The molecule has 0 saturated carbocycles. The fraction of sp³-hybridized carbons (Fsp3) is 0.389. The Bertz CT molecular complexity index is 935. The van der Waals surface area contributed by atoms with E-state index in [1.54, 1.807) is 10.7 Å². The van der Waals surface area contributed by atoms with Gasteiger partial charge in [0.15, 0.2) is 5.82 Å². The van der Waals surface area contributed by atoms with Crippen LogP contribution in [0.25, 0.3) is 11.5 Å². The lowest BCUT2D eigenvalue weighted by atomic mass is 10.2. The third-order valence-corrected chi connectivity index (χ3v) is 4.72. The molecule has 1 aliphatic heterocycles. The van der Waals surface area contributed by atoms with Crippen LogP contribution in [0.4, 0.5) is 5.95 Å². The van der Waals surface area contributed by atoms with Crippen LogP contribution in [0.5, 0.6) is 0 Å². The lowest BCUT2D eigenvalue weighted by Crippen LogP contribution is -2.35. The van der Waals surface area contributed by atoms with Crippen LogP contribution in [0.15, 0.2) is 35.5 Å². The lowest BCUT2D eigenvalue weighted by molar-refractivity contribution is 0.0766. The molecule has 4 heterocycles. The normalized spacial score (nSPS) is 15.0. The van der Waals surface area contributed by atoms with Crippen molar-refractivity contribution in [2.45, 2.75) is 13.3 Å². The highest BCUT2D eigenvalue weighted by atomic mass is 16.3. The molecule has 0 spiro atoms. The first-order valence-corrected chi connectivity index (χ1v) is 8.88. The van der Waals surface area contributed by atoms with Crippen LogP contribution in [0.2, 0.25) is 0 Å². The van der Waals surface area contributed by atoms with Crippen molar-refractivity contribution in [1.82, 2.24) is 29.6 Å². The van der Waals surface area contributed by atoms with Gasteiger partial charge in [0.25, 0.3) is 5.91 Å². The molecule has 3 aromatic rings. The Kier molecular flexibility index (Phi) is 4.57. The molecule has 0 unspecified atom stereocenters. The molecule has 3 aromatic heterocycles. The number of amides is 1. The first-order chi connectivity index (χ1) is 13.1. The van der Waals surface area contributed by atoms with Crippen LogP contribution in [0.1, 0.15) is 22.3 Å². The van der Waals surface area contributed by atoms with Crippen molar-refractivity contribution >= 4 is 11.9 Å². The van der Waals surface area contributed by atoms with Crippen LogP contribution < -0.4 is 4.90 Å². The fourth-order valence-electron chi connectivity index (χ4n) is 3.21. The molecule has 140 valence electrons. The van der Waals surface area contributed by atoms with E-state index in [0.717, 1.165) is 24.2 Å². The highest BCUT2D eigenvalue weighted by Crippen LogP contribution is 2.21. The van der Waals surface area contributed by atoms with Crippen molar-refractivity contribution in [3.8, 4) is 11.5 Å². The molecule has 4 rings (SSSR count). The summed E-state index contributed by atoms with van der Waals surface area (Å²) in [5.41, 5.74) is 2.30. The third-order valence-electron chi connectivity index (χ3n) is 4.72. The number of aromatic nitrogens is 5. The predicted molar refractivity (Wildman–Crippen MR) is 98.2 cm³/mol. The summed E-state index contributed by atoms with van der Waals surface area (Å²) < 4.78 is 6.73. The van der Waals surface area contributed by atoms with E-state index in [-0.39, 0.29) is 5.91 Å². The summed E-state index contributed by atoms with van der Waals surface area (Å²) >= 11 is 0. The average Bonchev–Trinajstić information content (AvgIpc) is 3.29. The van der Waals surface area contributed by atoms with E-state index in [1.165, 1.54) is 18.9 Å². The van der Waals surface area contributed by atoms with Gasteiger partial charge in [0.1, 0.15) is 18.3 Å². The van der Waals surface area contributed by atoms with Crippen molar-refractivity contribution in [3.63, 3.8) is 0 Å². The number of hydrogen-bond acceptors (Lipinski definition) is 7. The summed E-state index contributed by atoms with van der Waals surface area (Å²) in [5.74, 6) is 1.36. The average molecular weight is 367 g/mol. The molecule has 1 saturated heterocycles. The minimum atomic E-state index is -0.00445. The Hall–Kier alpha value is -3.23.